The van der Waals surface area contributed by atoms with Crippen LogP contribution in [0.2, 0.25) is 0 Å². The number of rotatable bonds is 5. The number of aliphatic hydroxyl groups is 1. The molecule has 1 atom stereocenters. The SMILES string of the molecule is NC[C@@H](O)c1ccc(F)c(OCc2ccccc2)c1. The highest BCUT2D eigenvalue weighted by Crippen LogP contribution is 2.23. The molecule has 0 heterocycles. The van der Waals surface area contributed by atoms with Gasteiger partial charge in [0.15, 0.2) is 11.6 Å². The first-order chi connectivity index (χ1) is 9.20. The van der Waals surface area contributed by atoms with Gasteiger partial charge in [0.2, 0.25) is 0 Å². The van der Waals surface area contributed by atoms with E-state index in [1.54, 1.807) is 0 Å². The second kappa shape index (κ2) is 6.31. The van der Waals surface area contributed by atoms with Gasteiger partial charge in [0.25, 0.3) is 0 Å². The van der Waals surface area contributed by atoms with Gasteiger partial charge in [-0.2, -0.15) is 0 Å². The van der Waals surface area contributed by atoms with Gasteiger partial charge in [-0.25, -0.2) is 4.39 Å². The first-order valence-electron chi connectivity index (χ1n) is 6.05. The highest BCUT2D eigenvalue weighted by Gasteiger charge is 2.10. The third-order valence-corrected chi connectivity index (χ3v) is 2.80. The summed E-state index contributed by atoms with van der Waals surface area (Å²) < 4.78 is 19.0. The number of halogens is 1. The van der Waals surface area contributed by atoms with E-state index in [0.717, 1.165) is 5.56 Å². The van der Waals surface area contributed by atoms with Crippen LogP contribution in [0.1, 0.15) is 17.2 Å². The summed E-state index contributed by atoms with van der Waals surface area (Å²) in [5.74, 6) is -0.335. The summed E-state index contributed by atoms with van der Waals surface area (Å²) in [5.41, 5.74) is 6.87. The lowest BCUT2D eigenvalue weighted by Crippen LogP contribution is -2.11. The van der Waals surface area contributed by atoms with Crippen LogP contribution in [0.4, 0.5) is 4.39 Å². The Labute approximate surface area is 111 Å². The second-order valence-electron chi connectivity index (χ2n) is 4.22. The molecule has 3 nitrogen and oxygen atoms in total. The van der Waals surface area contributed by atoms with Crippen molar-refractivity contribution in [2.45, 2.75) is 12.7 Å². The van der Waals surface area contributed by atoms with Crippen molar-refractivity contribution in [1.29, 1.82) is 0 Å². The molecule has 0 aliphatic heterocycles. The van der Waals surface area contributed by atoms with Crippen LogP contribution in [0.25, 0.3) is 0 Å². The van der Waals surface area contributed by atoms with Crippen molar-refractivity contribution in [2.24, 2.45) is 5.73 Å². The summed E-state index contributed by atoms with van der Waals surface area (Å²) in [5, 5.41) is 9.63. The van der Waals surface area contributed by atoms with Crippen LogP contribution < -0.4 is 10.5 Å². The topological polar surface area (TPSA) is 55.5 Å². The fraction of sp³-hybridized carbons (Fsp3) is 0.200. The molecule has 0 aliphatic carbocycles. The van der Waals surface area contributed by atoms with Gasteiger partial charge in [-0.05, 0) is 23.3 Å². The van der Waals surface area contributed by atoms with E-state index in [9.17, 15) is 9.50 Å². The maximum absolute atomic E-state index is 13.6. The second-order valence-corrected chi connectivity index (χ2v) is 4.22. The average molecular weight is 261 g/mol. The molecule has 2 aromatic rings. The number of nitrogens with two attached hydrogens (primary N) is 1. The fourth-order valence-corrected chi connectivity index (χ4v) is 1.71. The van der Waals surface area contributed by atoms with E-state index in [2.05, 4.69) is 0 Å². The molecular formula is C15H16FNO2. The van der Waals surface area contributed by atoms with E-state index in [0.29, 0.717) is 5.56 Å². The minimum atomic E-state index is -0.806. The Kier molecular flexibility index (Phi) is 4.49. The minimum absolute atomic E-state index is 0.0871. The summed E-state index contributed by atoms with van der Waals surface area (Å²) in [6.07, 6.45) is -0.806. The predicted octanol–water partition coefficient (Wildman–Crippen LogP) is 2.40. The first-order valence-corrected chi connectivity index (χ1v) is 6.05. The number of aliphatic hydroxyl groups excluding tert-OH is 1. The van der Waals surface area contributed by atoms with Crippen LogP contribution in [0.5, 0.6) is 5.75 Å². The molecule has 4 heteroatoms. The molecule has 0 spiro atoms. The van der Waals surface area contributed by atoms with Crippen molar-refractivity contribution in [3.63, 3.8) is 0 Å². The van der Waals surface area contributed by atoms with Crippen LogP contribution in [0.3, 0.4) is 0 Å². The summed E-state index contributed by atoms with van der Waals surface area (Å²) in [6.45, 7) is 0.365. The van der Waals surface area contributed by atoms with Gasteiger partial charge in [0.05, 0.1) is 6.10 Å². The Hall–Kier alpha value is -1.91. The monoisotopic (exact) mass is 261 g/mol. The molecule has 0 amide bonds. The van der Waals surface area contributed by atoms with Crippen LogP contribution in [-0.2, 0) is 6.61 Å². The molecule has 0 saturated heterocycles. The fourth-order valence-electron chi connectivity index (χ4n) is 1.71. The largest absolute Gasteiger partial charge is 0.486 e. The third kappa shape index (κ3) is 3.53. The van der Waals surface area contributed by atoms with Crippen molar-refractivity contribution in [2.75, 3.05) is 6.54 Å². The number of hydrogen-bond acceptors (Lipinski definition) is 3. The van der Waals surface area contributed by atoms with Crippen LogP contribution in [0, 0.1) is 5.82 Å². The van der Waals surface area contributed by atoms with Gasteiger partial charge < -0.3 is 15.6 Å². The molecule has 3 N–H and O–H groups in total. The molecule has 0 fully saturated rings. The molecular weight excluding hydrogens is 245 g/mol. The Morgan fingerprint density at radius 2 is 1.89 bits per heavy atom. The third-order valence-electron chi connectivity index (χ3n) is 2.80. The van der Waals surface area contributed by atoms with Gasteiger partial charge in [-0.15, -0.1) is 0 Å². The van der Waals surface area contributed by atoms with Gasteiger partial charge in [0, 0.05) is 6.54 Å². The molecule has 0 saturated carbocycles. The Morgan fingerprint density at radius 3 is 2.58 bits per heavy atom. The number of hydrogen-bond donors (Lipinski definition) is 2. The molecule has 0 radical (unpaired) electrons. The van der Waals surface area contributed by atoms with Crippen molar-refractivity contribution < 1.29 is 14.2 Å². The first kappa shape index (κ1) is 13.5. The number of ether oxygens (including phenoxy) is 1. The standard InChI is InChI=1S/C15H16FNO2/c16-13-7-6-12(14(18)9-17)8-15(13)19-10-11-4-2-1-3-5-11/h1-8,14,18H,9-10,17H2/t14-/m1/s1. The molecule has 0 aromatic heterocycles. The highest BCUT2D eigenvalue weighted by atomic mass is 19.1. The summed E-state index contributed by atoms with van der Waals surface area (Å²) in [7, 11) is 0. The van der Waals surface area contributed by atoms with Crippen LogP contribution in [0.15, 0.2) is 48.5 Å². The summed E-state index contributed by atoms with van der Waals surface area (Å²) >= 11 is 0. The maximum Gasteiger partial charge on any atom is 0.165 e. The number of benzene rings is 2. The zero-order chi connectivity index (χ0) is 13.7. The van der Waals surface area contributed by atoms with E-state index in [4.69, 9.17) is 10.5 Å². The molecule has 2 aromatic carbocycles. The van der Waals surface area contributed by atoms with Gasteiger partial charge in [0.1, 0.15) is 6.61 Å². The zero-order valence-corrected chi connectivity index (χ0v) is 10.4. The smallest absolute Gasteiger partial charge is 0.165 e. The van der Waals surface area contributed by atoms with E-state index in [1.165, 1.54) is 18.2 Å². The van der Waals surface area contributed by atoms with Crippen LogP contribution >= 0.6 is 0 Å². The average Bonchev–Trinajstić information content (AvgIpc) is 2.46. The van der Waals surface area contributed by atoms with E-state index in [-0.39, 0.29) is 18.9 Å². The lowest BCUT2D eigenvalue weighted by molar-refractivity contribution is 0.185. The lowest BCUT2D eigenvalue weighted by Gasteiger charge is -2.12. The van der Waals surface area contributed by atoms with Gasteiger partial charge >= 0.3 is 0 Å². The molecule has 2 rings (SSSR count). The van der Waals surface area contributed by atoms with Crippen molar-refractivity contribution >= 4 is 0 Å². The van der Waals surface area contributed by atoms with Crippen LogP contribution in [-0.4, -0.2) is 11.7 Å². The van der Waals surface area contributed by atoms with E-state index < -0.39 is 11.9 Å². The molecule has 0 bridgehead atoms. The zero-order valence-electron chi connectivity index (χ0n) is 10.4. The Bertz CT molecular complexity index is 531. The quantitative estimate of drug-likeness (QED) is 0.869. The van der Waals surface area contributed by atoms with Crippen molar-refractivity contribution in [1.82, 2.24) is 0 Å². The summed E-state index contributed by atoms with van der Waals surface area (Å²) in [6, 6.07) is 13.7. The summed E-state index contributed by atoms with van der Waals surface area (Å²) in [4.78, 5) is 0. The predicted molar refractivity (Wildman–Crippen MR) is 71.2 cm³/mol. The Morgan fingerprint density at radius 1 is 1.16 bits per heavy atom. The normalized spacial score (nSPS) is 12.2. The van der Waals surface area contributed by atoms with E-state index >= 15 is 0 Å². The molecule has 0 unspecified atom stereocenters. The van der Waals surface area contributed by atoms with Gasteiger partial charge in [-0.3, -0.25) is 0 Å². The molecule has 0 aliphatic rings. The highest BCUT2D eigenvalue weighted by molar-refractivity contribution is 5.32. The molecule has 100 valence electrons. The molecule has 19 heavy (non-hydrogen) atoms. The maximum atomic E-state index is 13.6. The van der Waals surface area contributed by atoms with E-state index in [1.807, 2.05) is 30.3 Å². The van der Waals surface area contributed by atoms with Crippen molar-refractivity contribution in [3.05, 3.63) is 65.5 Å². The lowest BCUT2D eigenvalue weighted by atomic mass is 10.1. The Balaban J connectivity index is 2.11. The van der Waals surface area contributed by atoms with Gasteiger partial charge in [-0.1, -0.05) is 36.4 Å². The minimum Gasteiger partial charge on any atom is -0.486 e. The van der Waals surface area contributed by atoms with Crippen molar-refractivity contribution in [3.8, 4) is 5.75 Å².